The van der Waals surface area contributed by atoms with Crippen molar-refractivity contribution in [2.24, 2.45) is 0 Å². The van der Waals surface area contributed by atoms with Gasteiger partial charge in [-0.25, -0.2) is 19.5 Å². The van der Waals surface area contributed by atoms with Crippen LogP contribution in [0.2, 0.25) is 0 Å². The van der Waals surface area contributed by atoms with Gasteiger partial charge < -0.3 is 9.64 Å². The summed E-state index contributed by atoms with van der Waals surface area (Å²) in [7, 11) is 0. The molecule has 0 unspecified atom stereocenters. The Labute approximate surface area is 204 Å². The summed E-state index contributed by atoms with van der Waals surface area (Å²) in [6.07, 6.45) is -1.43. The highest BCUT2D eigenvalue weighted by molar-refractivity contribution is 5.88. The molecule has 0 aromatic carbocycles. The van der Waals surface area contributed by atoms with E-state index in [1.165, 1.54) is 0 Å². The maximum absolute atomic E-state index is 13.1. The molecule has 0 bridgehead atoms. The van der Waals surface area contributed by atoms with E-state index in [0.717, 1.165) is 11.1 Å². The molecule has 0 saturated carbocycles. The summed E-state index contributed by atoms with van der Waals surface area (Å²) in [4.78, 5) is 20.5. The third-order valence-electron chi connectivity index (χ3n) is 6.55. The van der Waals surface area contributed by atoms with E-state index < -0.39 is 11.7 Å². The fourth-order valence-corrected chi connectivity index (χ4v) is 4.55. The van der Waals surface area contributed by atoms with Gasteiger partial charge in [0.25, 0.3) is 0 Å². The number of allylic oxidation sites excluding steroid dienone is 1. The summed E-state index contributed by atoms with van der Waals surface area (Å²) in [6, 6.07) is 5.92. The summed E-state index contributed by atoms with van der Waals surface area (Å²) < 4.78 is 47.4. The van der Waals surface area contributed by atoms with Crippen molar-refractivity contribution >= 4 is 28.2 Å². The van der Waals surface area contributed by atoms with Gasteiger partial charge in [-0.3, -0.25) is 0 Å². The SMILES string of the molecule is Cc1nc2nc(N3C[C@@H](C)O[C@@H](c4ccn5nccc5c4)C3)nc(C3=C=C(C(F)(F)F)C3)c2nc1C. The minimum Gasteiger partial charge on any atom is -0.367 e. The van der Waals surface area contributed by atoms with Crippen molar-refractivity contribution in [2.45, 2.75) is 45.6 Å². The molecule has 1 fully saturated rings. The van der Waals surface area contributed by atoms with Crippen LogP contribution in [0.15, 0.2) is 41.9 Å². The molecular weight excluding hydrogens is 471 g/mol. The average Bonchev–Trinajstić information content (AvgIpc) is 3.25. The molecule has 11 heteroatoms. The fraction of sp³-hybridized carbons (Fsp3) is 0.360. The van der Waals surface area contributed by atoms with Gasteiger partial charge in [0.15, 0.2) is 5.65 Å². The molecule has 4 aromatic rings. The second-order valence-electron chi connectivity index (χ2n) is 9.20. The van der Waals surface area contributed by atoms with Crippen LogP contribution >= 0.6 is 0 Å². The van der Waals surface area contributed by atoms with Crippen LogP contribution in [0.25, 0.3) is 22.3 Å². The van der Waals surface area contributed by atoms with Gasteiger partial charge in [-0.15, -0.1) is 5.73 Å². The van der Waals surface area contributed by atoms with Gasteiger partial charge >= 0.3 is 6.18 Å². The van der Waals surface area contributed by atoms with Crippen LogP contribution in [0.3, 0.4) is 0 Å². The lowest BCUT2D eigenvalue weighted by Crippen LogP contribution is -2.43. The number of nitrogens with zero attached hydrogens (tertiary/aromatic N) is 7. The van der Waals surface area contributed by atoms with Crippen molar-refractivity contribution in [3.63, 3.8) is 0 Å². The predicted molar refractivity (Wildman–Crippen MR) is 126 cm³/mol. The standard InChI is InChI=1S/C25H22F3N7O/c1-13-11-34(12-20(36-13)16-5-7-35-19(10-16)4-6-29-35)24-32-21(17-8-18(9-17)25(26,27)28)22-23(33-24)31-15(3)14(2)30-22/h4-7,10,13,20H,8,11-12H2,1-3H3/t13-,20-/m1/s1. The topological polar surface area (TPSA) is 81.3 Å². The summed E-state index contributed by atoms with van der Waals surface area (Å²) in [6.45, 7) is 6.60. The number of morpholine rings is 1. The van der Waals surface area contributed by atoms with Crippen LogP contribution in [-0.4, -0.2) is 54.9 Å². The lowest BCUT2D eigenvalue weighted by Gasteiger charge is -2.37. The van der Waals surface area contributed by atoms with Crippen LogP contribution in [-0.2, 0) is 4.74 Å². The van der Waals surface area contributed by atoms with Gasteiger partial charge in [-0.2, -0.15) is 23.3 Å². The number of hydrogen-bond donors (Lipinski definition) is 0. The molecule has 0 radical (unpaired) electrons. The molecule has 4 aromatic heterocycles. The minimum atomic E-state index is -4.41. The molecular formula is C25H22F3N7O. The number of ether oxygens (including phenoxy) is 1. The minimum absolute atomic E-state index is 0.127. The highest BCUT2D eigenvalue weighted by Crippen LogP contribution is 2.40. The normalized spacial score (nSPS) is 20.4. The van der Waals surface area contributed by atoms with Crippen molar-refractivity contribution in [3.8, 4) is 0 Å². The molecule has 36 heavy (non-hydrogen) atoms. The number of alkyl halides is 3. The number of fused-ring (bicyclic) bond motifs is 2. The van der Waals surface area contributed by atoms with Crippen LogP contribution in [0, 0.1) is 13.8 Å². The van der Waals surface area contributed by atoms with E-state index in [-0.39, 0.29) is 18.6 Å². The molecule has 2 atom stereocenters. The first-order chi connectivity index (χ1) is 17.2. The molecule has 184 valence electrons. The van der Waals surface area contributed by atoms with Gasteiger partial charge in [0.1, 0.15) is 17.3 Å². The second kappa shape index (κ2) is 8.11. The Bertz CT molecular complexity index is 1590. The van der Waals surface area contributed by atoms with Gasteiger partial charge in [-0.1, -0.05) is 0 Å². The third-order valence-corrected chi connectivity index (χ3v) is 6.55. The Morgan fingerprint density at radius 2 is 1.83 bits per heavy atom. The lowest BCUT2D eigenvalue weighted by atomic mass is 9.93. The summed E-state index contributed by atoms with van der Waals surface area (Å²) in [5.41, 5.74) is 6.51. The molecule has 6 rings (SSSR count). The number of halogens is 3. The molecule has 8 nitrogen and oxygen atoms in total. The summed E-state index contributed by atoms with van der Waals surface area (Å²) in [5, 5.41) is 4.24. The average molecular weight is 493 g/mol. The van der Waals surface area contributed by atoms with Gasteiger partial charge in [-0.05, 0) is 44.5 Å². The Morgan fingerprint density at radius 1 is 1.06 bits per heavy atom. The first kappa shape index (κ1) is 22.6. The molecule has 0 amide bonds. The quantitative estimate of drug-likeness (QED) is 0.388. The van der Waals surface area contributed by atoms with E-state index in [0.29, 0.717) is 52.9 Å². The maximum atomic E-state index is 13.1. The highest BCUT2D eigenvalue weighted by atomic mass is 19.4. The third kappa shape index (κ3) is 3.90. The van der Waals surface area contributed by atoms with Crippen LogP contribution in [0.5, 0.6) is 0 Å². The Hall–Kier alpha value is -3.82. The van der Waals surface area contributed by atoms with Crippen LogP contribution in [0.4, 0.5) is 19.1 Å². The Balaban J connectivity index is 1.43. The van der Waals surface area contributed by atoms with Crippen LogP contribution < -0.4 is 4.90 Å². The molecule has 1 aliphatic heterocycles. The number of anilines is 1. The van der Waals surface area contributed by atoms with Crippen molar-refractivity contribution in [3.05, 3.63) is 64.5 Å². The van der Waals surface area contributed by atoms with E-state index in [1.807, 2.05) is 43.1 Å². The zero-order chi connectivity index (χ0) is 25.2. The number of hydrogen-bond acceptors (Lipinski definition) is 7. The highest BCUT2D eigenvalue weighted by Gasteiger charge is 2.39. The zero-order valence-corrected chi connectivity index (χ0v) is 19.8. The Morgan fingerprint density at radius 3 is 2.61 bits per heavy atom. The maximum Gasteiger partial charge on any atom is 0.420 e. The summed E-state index contributed by atoms with van der Waals surface area (Å²) >= 11 is 0. The van der Waals surface area contributed by atoms with Gasteiger partial charge in [0.05, 0.1) is 35.1 Å². The fourth-order valence-electron chi connectivity index (χ4n) is 4.55. The summed E-state index contributed by atoms with van der Waals surface area (Å²) in [5.74, 6) is 0.385. The van der Waals surface area contributed by atoms with E-state index in [2.05, 4.69) is 25.8 Å². The molecule has 1 aliphatic carbocycles. The molecule has 5 heterocycles. The number of pyridine rings is 1. The number of aromatic nitrogens is 6. The molecule has 0 spiro atoms. The molecule has 0 N–H and O–H groups in total. The van der Waals surface area contributed by atoms with Crippen molar-refractivity contribution in [1.29, 1.82) is 0 Å². The van der Waals surface area contributed by atoms with E-state index >= 15 is 0 Å². The molecule has 2 aliphatic rings. The van der Waals surface area contributed by atoms with E-state index in [1.54, 1.807) is 17.6 Å². The zero-order valence-electron chi connectivity index (χ0n) is 19.8. The number of rotatable bonds is 3. The lowest BCUT2D eigenvalue weighted by molar-refractivity contribution is -0.0934. The first-order valence-electron chi connectivity index (χ1n) is 11.6. The van der Waals surface area contributed by atoms with E-state index in [4.69, 9.17) is 9.72 Å². The van der Waals surface area contributed by atoms with Crippen LogP contribution in [0.1, 0.15) is 42.1 Å². The largest absolute Gasteiger partial charge is 0.420 e. The van der Waals surface area contributed by atoms with Crippen molar-refractivity contribution in [2.75, 3.05) is 18.0 Å². The van der Waals surface area contributed by atoms with E-state index in [9.17, 15) is 13.2 Å². The molecule has 1 saturated heterocycles. The number of aryl methyl sites for hydroxylation is 2. The first-order valence-corrected chi connectivity index (χ1v) is 11.6. The second-order valence-corrected chi connectivity index (χ2v) is 9.20. The van der Waals surface area contributed by atoms with Crippen molar-refractivity contribution in [1.82, 2.24) is 29.5 Å². The van der Waals surface area contributed by atoms with Gasteiger partial charge in [0.2, 0.25) is 5.95 Å². The smallest absolute Gasteiger partial charge is 0.367 e. The van der Waals surface area contributed by atoms with Crippen molar-refractivity contribution < 1.29 is 17.9 Å². The monoisotopic (exact) mass is 493 g/mol. The Kier molecular flexibility index (Phi) is 5.10. The predicted octanol–water partition coefficient (Wildman–Crippen LogP) is 4.53. The van der Waals surface area contributed by atoms with Gasteiger partial charge in [0, 0.05) is 30.9 Å².